The topological polar surface area (TPSA) is 80.5 Å². The van der Waals surface area contributed by atoms with Crippen molar-refractivity contribution in [3.8, 4) is 11.3 Å². The van der Waals surface area contributed by atoms with E-state index in [2.05, 4.69) is 32.3 Å². The SMILES string of the molecule is O=Cc1ccc(-c2ccc3ncnc(Nc4ccc(N5CCOCC5)cc4)c3c2)o1. The molecule has 0 amide bonds. The summed E-state index contributed by atoms with van der Waals surface area (Å²) in [5.41, 5.74) is 3.81. The number of ether oxygens (including phenoxy) is 1. The van der Waals surface area contributed by atoms with Crippen LogP contribution in [0.3, 0.4) is 0 Å². The molecule has 1 N–H and O–H groups in total. The Morgan fingerprint density at radius 1 is 0.967 bits per heavy atom. The van der Waals surface area contributed by atoms with Crippen molar-refractivity contribution < 1.29 is 13.9 Å². The molecular weight excluding hydrogens is 380 g/mol. The van der Waals surface area contributed by atoms with E-state index < -0.39 is 0 Å². The Morgan fingerprint density at radius 2 is 1.80 bits per heavy atom. The third-order valence-corrected chi connectivity index (χ3v) is 5.17. The number of aromatic nitrogens is 2. The standard InChI is InChI=1S/C23H20N4O3/c28-14-19-6-8-22(30-19)16-1-7-21-20(13-16)23(25-15-24-21)26-17-2-4-18(5-3-17)27-9-11-29-12-10-27/h1-8,13-15H,9-12H2,(H,24,25,26). The van der Waals surface area contributed by atoms with Crippen LogP contribution in [0.15, 0.2) is 65.3 Å². The molecule has 2 aromatic heterocycles. The summed E-state index contributed by atoms with van der Waals surface area (Å²) in [6.45, 7) is 3.34. The van der Waals surface area contributed by atoms with Gasteiger partial charge >= 0.3 is 0 Å². The molecule has 5 rings (SSSR count). The van der Waals surface area contributed by atoms with Crippen LogP contribution >= 0.6 is 0 Å². The Hall–Kier alpha value is -3.71. The van der Waals surface area contributed by atoms with Crippen LogP contribution in [0.5, 0.6) is 0 Å². The van der Waals surface area contributed by atoms with Crippen molar-refractivity contribution in [1.29, 1.82) is 0 Å². The van der Waals surface area contributed by atoms with Crippen molar-refractivity contribution in [2.24, 2.45) is 0 Å². The average Bonchev–Trinajstić information content (AvgIpc) is 3.30. The minimum atomic E-state index is 0.299. The minimum absolute atomic E-state index is 0.299. The molecule has 0 saturated carbocycles. The third-order valence-electron chi connectivity index (χ3n) is 5.17. The van der Waals surface area contributed by atoms with Crippen LogP contribution in [-0.2, 0) is 4.74 Å². The number of nitrogens with one attached hydrogen (secondary N) is 1. The van der Waals surface area contributed by atoms with Crippen LogP contribution in [0.4, 0.5) is 17.2 Å². The van der Waals surface area contributed by atoms with Crippen molar-refractivity contribution in [3.05, 3.63) is 66.7 Å². The second kappa shape index (κ2) is 7.96. The number of aldehydes is 1. The van der Waals surface area contributed by atoms with E-state index in [1.807, 2.05) is 30.3 Å². The maximum Gasteiger partial charge on any atom is 0.185 e. The Balaban J connectivity index is 1.43. The van der Waals surface area contributed by atoms with Crippen LogP contribution in [0.25, 0.3) is 22.2 Å². The highest BCUT2D eigenvalue weighted by Gasteiger charge is 2.12. The number of carbonyl (C=O) groups excluding carboxylic acids is 1. The molecule has 30 heavy (non-hydrogen) atoms. The van der Waals surface area contributed by atoms with E-state index >= 15 is 0 Å². The minimum Gasteiger partial charge on any atom is -0.453 e. The molecule has 1 aliphatic heterocycles. The predicted molar refractivity (Wildman–Crippen MR) is 115 cm³/mol. The van der Waals surface area contributed by atoms with Crippen molar-refractivity contribution >= 4 is 34.4 Å². The molecule has 3 heterocycles. The molecule has 150 valence electrons. The molecule has 0 radical (unpaired) electrons. The van der Waals surface area contributed by atoms with E-state index in [0.29, 0.717) is 23.6 Å². The first-order valence-electron chi connectivity index (χ1n) is 9.80. The van der Waals surface area contributed by atoms with Gasteiger partial charge in [-0.3, -0.25) is 4.79 Å². The zero-order valence-corrected chi connectivity index (χ0v) is 16.2. The molecule has 0 spiro atoms. The molecule has 1 saturated heterocycles. The Bertz CT molecular complexity index is 1180. The number of benzene rings is 2. The van der Waals surface area contributed by atoms with Crippen LogP contribution in [0, 0.1) is 0 Å². The Labute approximate surface area is 173 Å². The number of carbonyl (C=O) groups is 1. The summed E-state index contributed by atoms with van der Waals surface area (Å²) < 4.78 is 11.0. The number of hydrogen-bond donors (Lipinski definition) is 1. The maximum atomic E-state index is 10.9. The number of nitrogens with zero attached hydrogens (tertiary/aromatic N) is 3. The first-order valence-corrected chi connectivity index (χ1v) is 9.80. The van der Waals surface area contributed by atoms with Gasteiger partial charge in [-0.15, -0.1) is 0 Å². The van der Waals surface area contributed by atoms with Crippen molar-refractivity contribution in [2.75, 3.05) is 36.5 Å². The lowest BCUT2D eigenvalue weighted by atomic mass is 10.1. The summed E-state index contributed by atoms with van der Waals surface area (Å²) in [6, 6.07) is 17.5. The molecule has 2 aromatic carbocycles. The fourth-order valence-electron chi connectivity index (χ4n) is 3.59. The van der Waals surface area contributed by atoms with E-state index in [-0.39, 0.29) is 0 Å². The van der Waals surface area contributed by atoms with E-state index in [1.165, 1.54) is 5.69 Å². The van der Waals surface area contributed by atoms with Crippen LogP contribution in [0.1, 0.15) is 10.6 Å². The third kappa shape index (κ3) is 3.62. The number of anilines is 3. The molecular formula is C23H20N4O3. The summed E-state index contributed by atoms with van der Waals surface area (Å²) in [5.74, 6) is 1.64. The number of rotatable bonds is 5. The predicted octanol–water partition coefficient (Wildman–Crippen LogP) is 4.28. The van der Waals surface area contributed by atoms with Crippen LogP contribution < -0.4 is 10.2 Å². The zero-order chi connectivity index (χ0) is 20.3. The molecule has 0 aliphatic carbocycles. The molecule has 1 aliphatic rings. The Kier molecular flexibility index (Phi) is 4.86. The summed E-state index contributed by atoms with van der Waals surface area (Å²) in [7, 11) is 0. The molecule has 4 aromatic rings. The van der Waals surface area contributed by atoms with Gasteiger partial charge in [-0.2, -0.15) is 0 Å². The van der Waals surface area contributed by atoms with Gasteiger partial charge in [-0.1, -0.05) is 0 Å². The molecule has 0 bridgehead atoms. The van der Waals surface area contributed by atoms with E-state index in [9.17, 15) is 4.79 Å². The number of fused-ring (bicyclic) bond motifs is 1. The highest BCUT2D eigenvalue weighted by atomic mass is 16.5. The first-order chi connectivity index (χ1) is 14.8. The van der Waals surface area contributed by atoms with Gasteiger partial charge in [0.2, 0.25) is 0 Å². The smallest absolute Gasteiger partial charge is 0.185 e. The normalized spacial score (nSPS) is 14.1. The fraction of sp³-hybridized carbons (Fsp3) is 0.174. The number of furan rings is 1. The van der Waals surface area contributed by atoms with Gasteiger partial charge < -0.3 is 19.4 Å². The monoisotopic (exact) mass is 400 g/mol. The summed E-state index contributed by atoms with van der Waals surface area (Å²) in [6.07, 6.45) is 2.24. The highest BCUT2D eigenvalue weighted by molar-refractivity contribution is 5.93. The van der Waals surface area contributed by atoms with Gasteiger partial charge in [-0.05, 0) is 54.6 Å². The van der Waals surface area contributed by atoms with Crippen LogP contribution in [-0.4, -0.2) is 42.6 Å². The lowest BCUT2D eigenvalue weighted by molar-refractivity contribution is 0.110. The van der Waals surface area contributed by atoms with E-state index in [0.717, 1.165) is 48.5 Å². The first kappa shape index (κ1) is 18.3. The molecule has 0 unspecified atom stereocenters. The number of hydrogen-bond acceptors (Lipinski definition) is 7. The van der Waals surface area contributed by atoms with Gasteiger partial charge in [0.1, 0.15) is 17.9 Å². The molecule has 7 heteroatoms. The van der Waals surface area contributed by atoms with Gasteiger partial charge in [0.25, 0.3) is 0 Å². The highest BCUT2D eigenvalue weighted by Crippen LogP contribution is 2.30. The summed E-state index contributed by atoms with van der Waals surface area (Å²) >= 11 is 0. The van der Waals surface area contributed by atoms with E-state index in [1.54, 1.807) is 18.5 Å². The second-order valence-electron chi connectivity index (χ2n) is 7.05. The maximum absolute atomic E-state index is 10.9. The second-order valence-corrected chi connectivity index (χ2v) is 7.05. The van der Waals surface area contributed by atoms with Crippen molar-refractivity contribution in [1.82, 2.24) is 9.97 Å². The van der Waals surface area contributed by atoms with Crippen molar-refractivity contribution in [2.45, 2.75) is 0 Å². The lowest BCUT2D eigenvalue weighted by Gasteiger charge is -2.28. The largest absolute Gasteiger partial charge is 0.453 e. The van der Waals surface area contributed by atoms with Crippen molar-refractivity contribution in [3.63, 3.8) is 0 Å². The van der Waals surface area contributed by atoms with Gasteiger partial charge in [-0.25, -0.2) is 9.97 Å². The zero-order valence-electron chi connectivity index (χ0n) is 16.2. The van der Waals surface area contributed by atoms with Gasteiger partial charge in [0.15, 0.2) is 12.0 Å². The molecule has 7 nitrogen and oxygen atoms in total. The van der Waals surface area contributed by atoms with Gasteiger partial charge in [0, 0.05) is 35.4 Å². The lowest BCUT2D eigenvalue weighted by Crippen LogP contribution is -2.36. The molecule has 1 fully saturated rings. The number of morpholine rings is 1. The van der Waals surface area contributed by atoms with Crippen LogP contribution in [0.2, 0.25) is 0 Å². The summed E-state index contributed by atoms with van der Waals surface area (Å²) in [4.78, 5) is 22.0. The average molecular weight is 400 g/mol. The van der Waals surface area contributed by atoms with Gasteiger partial charge in [0.05, 0.1) is 18.7 Å². The van der Waals surface area contributed by atoms with E-state index in [4.69, 9.17) is 9.15 Å². The fourth-order valence-corrected chi connectivity index (χ4v) is 3.59. The summed E-state index contributed by atoms with van der Waals surface area (Å²) in [5, 5.41) is 4.26. The molecule has 0 atom stereocenters. The quantitative estimate of drug-likeness (QED) is 0.501. The Morgan fingerprint density at radius 3 is 2.57 bits per heavy atom.